The lowest BCUT2D eigenvalue weighted by molar-refractivity contribution is 0.266. The molecule has 0 radical (unpaired) electrons. The Morgan fingerprint density at radius 3 is 2.33 bits per heavy atom. The molecule has 5 rings (SSSR count). The lowest BCUT2D eigenvalue weighted by Gasteiger charge is -2.34. The average Bonchev–Trinajstić information content (AvgIpc) is 2.78. The molecule has 0 spiro atoms. The van der Waals surface area contributed by atoms with Crippen LogP contribution in [0.25, 0.3) is 22.0 Å². The predicted octanol–water partition coefficient (Wildman–Crippen LogP) is 5.87. The molecule has 1 aliphatic heterocycles. The third-order valence-corrected chi connectivity index (χ3v) is 6.11. The van der Waals surface area contributed by atoms with Crippen LogP contribution in [-0.2, 0) is 0 Å². The van der Waals surface area contributed by atoms with Crippen molar-refractivity contribution in [3.63, 3.8) is 0 Å². The predicted molar refractivity (Wildman–Crippen MR) is 122 cm³/mol. The van der Waals surface area contributed by atoms with Crippen molar-refractivity contribution in [2.45, 2.75) is 26.3 Å². The number of rotatable bonds is 3. The van der Waals surface area contributed by atoms with Gasteiger partial charge in [-0.05, 0) is 31.0 Å². The molecule has 0 saturated carbocycles. The molecule has 0 amide bonds. The third-order valence-electron chi connectivity index (χ3n) is 6.11. The zero-order valence-corrected chi connectivity index (χ0v) is 17.6. The van der Waals surface area contributed by atoms with E-state index in [1.807, 2.05) is 12.1 Å². The van der Waals surface area contributed by atoms with Crippen molar-refractivity contribution in [3.05, 3.63) is 83.4 Å². The third kappa shape index (κ3) is 3.00. The second-order valence-corrected chi connectivity index (χ2v) is 7.99. The van der Waals surface area contributed by atoms with E-state index in [0.29, 0.717) is 6.61 Å². The summed E-state index contributed by atoms with van der Waals surface area (Å²) in [7, 11) is 2.11. The van der Waals surface area contributed by atoms with Crippen LogP contribution in [0.2, 0.25) is 0 Å². The number of fused-ring (bicyclic) bond motifs is 2. The summed E-state index contributed by atoms with van der Waals surface area (Å²) in [5.41, 5.74) is 5.76. The summed E-state index contributed by atoms with van der Waals surface area (Å²) < 4.78 is 5.87. The average molecular weight is 396 g/mol. The number of para-hydroxylation sites is 1. The largest absolute Gasteiger partial charge is 0.493 e. The maximum atomic E-state index is 5.87. The molecule has 30 heavy (non-hydrogen) atoms. The van der Waals surface area contributed by atoms with Crippen LogP contribution < -0.4 is 9.64 Å². The Bertz CT molecular complexity index is 1210. The highest BCUT2D eigenvalue weighted by molar-refractivity contribution is 6.01. The first-order valence-corrected chi connectivity index (χ1v) is 10.4. The van der Waals surface area contributed by atoms with Crippen molar-refractivity contribution in [2.24, 2.45) is 0 Å². The highest BCUT2D eigenvalue weighted by Crippen LogP contribution is 2.40. The fourth-order valence-corrected chi connectivity index (χ4v) is 4.60. The molecule has 4 aromatic rings. The van der Waals surface area contributed by atoms with Crippen LogP contribution >= 0.6 is 0 Å². The van der Waals surface area contributed by atoms with Gasteiger partial charge in [0.25, 0.3) is 0 Å². The zero-order chi connectivity index (χ0) is 20.7. The Labute approximate surface area is 177 Å². The number of aromatic nitrogens is 2. The SMILES string of the molecule is Cc1cccc(C)c1-c1nnc(N(C)C2CCOc3ccccc32)c2ccccc12. The van der Waals surface area contributed by atoms with Gasteiger partial charge in [0, 0.05) is 35.4 Å². The van der Waals surface area contributed by atoms with Gasteiger partial charge in [0.1, 0.15) is 11.4 Å². The zero-order valence-electron chi connectivity index (χ0n) is 17.6. The highest BCUT2D eigenvalue weighted by Gasteiger charge is 2.27. The maximum absolute atomic E-state index is 5.87. The topological polar surface area (TPSA) is 38.2 Å². The molecule has 4 nitrogen and oxygen atoms in total. The number of anilines is 1. The van der Waals surface area contributed by atoms with E-state index in [4.69, 9.17) is 14.9 Å². The van der Waals surface area contributed by atoms with Crippen LogP contribution in [0, 0.1) is 13.8 Å². The van der Waals surface area contributed by atoms with Gasteiger partial charge in [0.2, 0.25) is 0 Å². The van der Waals surface area contributed by atoms with Crippen LogP contribution in [0.3, 0.4) is 0 Å². The van der Waals surface area contributed by atoms with Gasteiger partial charge in [-0.15, -0.1) is 10.2 Å². The Balaban J connectivity index is 1.66. The smallest absolute Gasteiger partial charge is 0.159 e. The summed E-state index contributed by atoms with van der Waals surface area (Å²) >= 11 is 0. The molecule has 4 heteroatoms. The van der Waals surface area contributed by atoms with Gasteiger partial charge in [-0.1, -0.05) is 60.7 Å². The lowest BCUT2D eigenvalue weighted by atomic mass is 9.96. The van der Waals surface area contributed by atoms with Crippen molar-refractivity contribution in [2.75, 3.05) is 18.6 Å². The van der Waals surface area contributed by atoms with E-state index in [1.54, 1.807) is 0 Å². The minimum absolute atomic E-state index is 0.207. The fraction of sp³-hybridized carbons (Fsp3) is 0.231. The van der Waals surface area contributed by atoms with Gasteiger partial charge < -0.3 is 9.64 Å². The van der Waals surface area contributed by atoms with E-state index in [1.165, 1.54) is 22.3 Å². The van der Waals surface area contributed by atoms with Crippen LogP contribution in [0.15, 0.2) is 66.7 Å². The second kappa shape index (κ2) is 7.45. The van der Waals surface area contributed by atoms with E-state index < -0.39 is 0 Å². The van der Waals surface area contributed by atoms with Gasteiger partial charge in [-0.3, -0.25) is 0 Å². The summed E-state index contributed by atoms with van der Waals surface area (Å²) in [5.74, 6) is 1.87. The minimum Gasteiger partial charge on any atom is -0.493 e. The first-order chi connectivity index (χ1) is 14.6. The number of aryl methyl sites for hydroxylation is 2. The minimum atomic E-state index is 0.207. The molecule has 0 N–H and O–H groups in total. The standard InChI is InChI=1S/C26H25N3O/c1-17-9-8-10-18(2)24(17)25-19-11-4-5-12-20(19)26(28-27-25)29(3)22-15-16-30-23-14-7-6-13-21(22)23/h4-14,22H,15-16H2,1-3H3. The fourth-order valence-electron chi connectivity index (χ4n) is 4.60. The van der Waals surface area contributed by atoms with Crippen molar-refractivity contribution in [1.29, 1.82) is 0 Å². The molecule has 0 aliphatic carbocycles. The summed E-state index contributed by atoms with van der Waals surface area (Å²) in [6.45, 7) is 4.98. The number of hydrogen-bond acceptors (Lipinski definition) is 4. The lowest BCUT2D eigenvalue weighted by Crippen LogP contribution is -2.30. The van der Waals surface area contributed by atoms with E-state index in [2.05, 4.69) is 80.4 Å². The molecule has 1 atom stereocenters. The van der Waals surface area contributed by atoms with Gasteiger partial charge in [-0.2, -0.15) is 0 Å². The quantitative estimate of drug-likeness (QED) is 0.435. The molecule has 1 unspecified atom stereocenters. The first kappa shape index (κ1) is 18.6. The van der Waals surface area contributed by atoms with Gasteiger partial charge in [0.15, 0.2) is 5.82 Å². The van der Waals surface area contributed by atoms with Crippen molar-refractivity contribution in [1.82, 2.24) is 10.2 Å². The molecule has 150 valence electrons. The van der Waals surface area contributed by atoms with Crippen molar-refractivity contribution < 1.29 is 4.74 Å². The highest BCUT2D eigenvalue weighted by atomic mass is 16.5. The molecule has 1 aromatic heterocycles. The number of ether oxygens (including phenoxy) is 1. The Kier molecular flexibility index (Phi) is 4.62. The van der Waals surface area contributed by atoms with Gasteiger partial charge in [-0.25, -0.2) is 0 Å². The maximum Gasteiger partial charge on any atom is 0.159 e. The van der Waals surface area contributed by atoms with E-state index in [9.17, 15) is 0 Å². The van der Waals surface area contributed by atoms with E-state index in [-0.39, 0.29) is 6.04 Å². The second-order valence-electron chi connectivity index (χ2n) is 7.99. The molecule has 1 aliphatic rings. The van der Waals surface area contributed by atoms with Gasteiger partial charge in [0.05, 0.1) is 12.6 Å². The van der Waals surface area contributed by atoms with Crippen LogP contribution in [0.1, 0.15) is 29.2 Å². The van der Waals surface area contributed by atoms with E-state index in [0.717, 1.165) is 34.5 Å². The van der Waals surface area contributed by atoms with Crippen LogP contribution in [-0.4, -0.2) is 23.9 Å². The first-order valence-electron chi connectivity index (χ1n) is 10.4. The summed E-state index contributed by atoms with van der Waals surface area (Å²) in [6, 6.07) is 23.3. The number of hydrogen-bond donors (Lipinski definition) is 0. The summed E-state index contributed by atoms with van der Waals surface area (Å²) in [6.07, 6.45) is 0.919. The molecule has 2 heterocycles. The monoisotopic (exact) mass is 395 g/mol. The normalized spacial score (nSPS) is 15.5. The Morgan fingerprint density at radius 1 is 0.833 bits per heavy atom. The molecule has 3 aromatic carbocycles. The Morgan fingerprint density at radius 2 is 1.53 bits per heavy atom. The van der Waals surface area contributed by atoms with Crippen LogP contribution in [0.5, 0.6) is 5.75 Å². The van der Waals surface area contributed by atoms with E-state index >= 15 is 0 Å². The Hall–Kier alpha value is -3.40. The van der Waals surface area contributed by atoms with Crippen molar-refractivity contribution in [3.8, 4) is 17.0 Å². The molecule has 0 saturated heterocycles. The molecule has 0 bridgehead atoms. The molecular formula is C26H25N3O. The van der Waals surface area contributed by atoms with Crippen LogP contribution in [0.4, 0.5) is 5.82 Å². The van der Waals surface area contributed by atoms with Crippen molar-refractivity contribution >= 4 is 16.6 Å². The number of benzene rings is 3. The summed E-state index contributed by atoms with van der Waals surface area (Å²) in [4.78, 5) is 2.26. The van der Waals surface area contributed by atoms with Gasteiger partial charge >= 0.3 is 0 Å². The summed E-state index contributed by atoms with van der Waals surface area (Å²) in [5, 5.41) is 11.7. The molecule has 0 fully saturated rings. The number of nitrogens with zero attached hydrogens (tertiary/aromatic N) is 3. The molecular weight excluding hydrogens is 370 g/mol.